The molecule has 0 saturated carbocycles. The SMILES string of the molecule is O=C1O[C@H](CF)[C@@H](NCc2ccccc2)[C@H]1[C@H](O)c1ccccc1. The summed E-state index contributed by atoms with van der Waals surface area (Å²) in [6.07, 6.45) is -1.92. The van der Waals surface area contributed by atoms with Gasteiger partial charge >= 0.3 is 5.97 Å². The van der Waals surface area contributed by atoms with Gasteiger partial charge in [0.05, 0.1) is 12.1 Å². The maximum atomic E-state index is 13.3. The quantitative estimate of drug-likeness (QED) is 0.799. The zero-order valence-corrected chi connectivity index (χ0v) is 13.1. The summed E-state index contributed by atoms with van der Waals surface area (Å²) in [4.78, 5) is 12.2. The lowest BCUT2D eigenvalue weighted by atomic mass is 9.88. The van der Waals surface area contributed by atoms with Gasteiger partial charge in [0.2, 0.25) is 0 Å². The standard InChI is InChI=1S/C19H20FNO3/c20-11-15-17(21-12-13-7-3-1-4-8-13)16(19(23)24-15)18(22)14-9-5-2-6-10-14/h1-10,15-18,21-22H,11-12H2/t15-,16+,17-,18-/m1/s1. The third kappa shape index (κ3) is 3.47. The Hall–Kier alpha value is -2.24. The Morgan fingerprint density at radius 1 is 1.08 bits per heavy atom. The van der Waals surface area contributed by atoms with Crippen LogP contribution in [0.5, 0.6) is 0 Å². The number of carbonyl (C=O) groups is 1. The van der Waals surface area contributed by atoms with Crippen LogP contribution in [0.4, 0.5) is 4.39 Å². The molecular weight excluding hydrogens is 309 g/mol. The molecule has 24 heavy (non-hydrogen) atoms. The maximum Gasteiger partial charge on any atom is 0.314 e. The normalized spacial score (nSPS) is 24.6. The largest absolute Gasteiger partial charge is 0.458 e. The fraction of sp³-hybridized carbons (Fsp3) is 0.316. The van der Waals surface area contributed by atoms with E-state index in [1.807, 2.05) is 36.4 Å². The fourth-order valence-electron chi connectivity index (χ4n) is 3.08. The predicted octanol–water partition coefficient (Wildman–Crippen LogP) is 2.39. The number of cyclic esters (lactones) is 1. The van der Waals surface area contributed by atoms with E-state index >= 15 is 0 Å². The lowest BCUT2D eigenvalue weighted by molar-refractivity contribution is -0.147. The fourth-order valence-corrected chi connectivity index (χ4v) is 3.08. The number of nitrogens with one attached hydrogen (secondary N) is 1. The van der Waals surface area contributed by atoms with Crippen LogP contribution in [-0.2, 0) is 16.1 Å². The molecule has 1 aliphatic heterocycles. The molecule has 1 heterocycles. The van der Waals surface area contributed by atoms with Gasteiger partial charge in [-0.05, 0) is 11.1 Å². The van der Waals surface area contributed by atoms with Crippen molar-refractivity contribution in [1.82, 2.24) is 5.32 Å². The van der Waals surface area contributed by atoms with Crippen LogP contribution in [0.2, 0.25) is 0 Å². The highest BCUT2D eigenvalue weighted by Gasteiger charge is 2.48. The van der Waals surface area contributed by atoms with E-state index in [1.54, 1.807) is 24.3 Å². The molecule has 0 spiro atoms. The highest BCUT2D eigenvalue weighted by molar-refractivity contribution is 5.77. The van der Waals surface area contributed by atoms with Gasteiger partial charge in [-0.1, -0.05) is 60.7 Å². The number of aliphatic hydroxyl groups excluding tert-OH is 1. The molecule has 0 amide bonds. The first kappa shape index (κ1) is 16.6. The van der Waals surface area contributed by atoms with Gasteiger partial charge in [0.1, 0.15) is 18.7 Å². The van der Waals surface area contributed by atoms with E-state index in [0.717, 1.165) is 5.56 Å². The smallest absolute Gasteiger partial charge is 0.314 e. The summed E-state index contributed by atoms with van der Waals surface area (Å²) in [6.45, 7) is -0.313. The maximum absolute atomic E-state index is 13.3. The van der Waals surface area contributed by atoms with E-state index < -0.39 is 36.8 Å². The van der Waals surface area contributed by atoms with Crippen molar-refractivity contribution >= 4 is 5.97 Å². The first-order chi connectivity index (χ1) is 11.7. The van der Waals surface area contributed by atoms with Gasteiger partial charge in [0.25, 0.3) is 0 Å². The molecule has 3 rings (SSSR count). The van der Waals surface area contributed by atoms with Crippen LogP contribution in [0.25, 0.3) is 0 Å². The zero-order chi connectivity index (χ0) is 16.9. The molecule has 1 saturated heterocycles. The minimum atomic E-state index is -1.04. The molecule has 126 valence electrons. The lowest BCUT2D eigenvalue weighted by Gasteiger charge is -2.24. The molecule has 0 aliphatic carbocycles. The minimum Gasteiger partial charge on any atom is -0.458 e. The number of esters is 1. The van der Waals surface area contributed by atoms with Gasteiger partial charge in [0.15, 0.2) is 0 Å². The Morgan fingerprint density at radius 3 is 2.33 bits per heavy atom. The predicted molar refractivity (Wildman–Crippen MR) is 87.8 cm³/mol. The molecule has 0 unspecified atom stereocenters. The highest BCUT2D eigenvalue weighted by atomic mass is 19.1. The van der Waals surface area contributed by atoms with Crippen molar-refractivity contribution in [2.24, 2.45) is 5.92 Å². The molecule has 1 fully saturated rings. The van der Waals surface area contributed by atoms with Gasteiger partial charge < -0.3 is 15.2 Å². The molecule has 5 heteroatoms. The van der Waals surface area contributed by atoms with E-state index in [4.69, 9.17) is 4.74 Å². The van der Waals surface area contributed by atoms with Gasteiger partial charge in [-0.15, -0.1) is 0 Å². The monoisotopic (exact) mass is 329 g/mol. The number of alkyl halides is 1. The number of hydrogen-bond acceptors (Lipinski definition) is 4. The number of aliphatic hydroxyl groups is 1. The Labute approximate surface area is 140 Å². The topological polar surface area (TPSA) is 58.6 Å². The second-order valence-electron chi connectivity index (χ2n) is 5.90. The van der Waals surface area contributed by atoms with Crippen LogP contribution >= 0.6 is 0 Å². The van der Waals surface area contributed by atoms with Gasteiger partial charge in [-0.3, -0.25) is 4.79 Å². The molecule has 4 nitrogen and oxygen atoms in total. The van der Waals surface area contributed by atoms with Crippen molar-refractivity contribution in [3.05, 3.63) is 71.8 Å². The molecule has 2 aromatic rings. The second kappa shape index (κ2) is 7.55. The van der Waals surface area contributed by atoms with Crippen molar-refractivity contribution in [2.45, 2.75) is 24.8 Å². The lowest BCUT2D eigenvalue weighted by Crippen LogP contribution is -2.44. The summed E-state index contributed by atoms with van der Waals surface area (Å²) < 4.78 is 18.4. The van der Waals surface area contributed by atoms with E-state index in [2.05, 4.69) is 5.32 Å². The van der Waals surface area contributed by atoms with Gasteiger partial charge in [-0.2, -0.15) is 0 Å². The summed E-state index contributed by atoms with van der Waals surface area (Å²) in [5.41, 5.74) is 1.63. The number of ether oxygens (including phenoxy) is 1. The summed E-state index contributed by atoms with van der Waals surface area (Å²) in [7, 11) is 0. The van der Waals surface area contributed by atoms with Gasteiger partial charge in [-0.25, -0.2) is 4.39 Å². The summed E-state index contributed by atoms with van der Waals surface area (Å²) in [5.74, 6) is -1.41. The zero-order valence-electron chi connectivity index (χ0n) is 13.1. The molecule has 0 radical (unpaired) electrons. The average Bonchev–Trinajstić information content (AvgIpc) is 2.96. The Balaban J connectivity index is 1.78. The van der Waals surface area contributed by atoms with E-state index in [-0.39, 0.29) is 0 Å². The third-order valence-corrected chi connectivity index (χ3v) is 4.35. The van der Waals surface area contributed by atoms with E-state index in [1.165, 1.54) is 0 Å². The van der Waals surface area contributed by atoms with Crippen LogP contribution in [0.15, 0.2) is 60.7 Å². The van der Waals surface area contributed by atoms with Crippen LogP contribution in [0, 0.1) is 5.92 Å². The summed E-state index contributed by atoms with van der Waals surface area (Å²) in [5, 5.41) is 13.8. The van der Waals surface area contributed by atoms with Gasteiger partial charge in [0, 0.05) is 6.54 Å². The van der Waals surface area contributed by atoms with Crippen molar-refractivity contribution in [1.29, 1.82) is 0 Å². The number of carbonyl (C=O) groups excluding carboxylic acids is 1. The number of rotatable bonds is 6. The Bertz CT molecular complexity index is 665. The van der Waals surface area contributed by atoms with Crippen LogP contribution in [-0.4, -0.2) is 29.9 Å². The first-order valence-corrected chi connectivity index (χ1v) is 7.97. The number of hydrogen-bond donors (Lipinski definition) is 2. The van der Waals surface area contributed by atoms with Crippen molar-refractivity contribution in [2.75, 3.05) is 6.67 Å². The highest BCUT2D eigenvalue weighted by Crippen LogP contribution is 2.33. The van der Waals surface area contributed by atoms with E-state index in [0.29, 0.717) is 12.1 Å². The molecule has 2 aromatic carbocycles. The third-order valence-electron chi connectivity index (χ3n) is 4.35. The molecule has 0 bridgehead atoms. The molecule has 4 atom stereocenters. The van der Waals surface area contributed by atoms with Crippen molar-refractivity contribution < 1.29 is 19.0 Å². The van der Waals surface area contributed by atoms with Crippen molar-refractivity contribution in [3.8, 4) is 0 Å². The molecule has 1 aliphatic rings. The van der Waals surface area contributed by atoms with Crippen molar-refractivity contribution in [3.63, 3.8) is 0 Å². The molecular formula is C19H20FNO3. The van der Waals surface area contributed by atoms with Crippen LogP contribution < -0.4 is 5.32 Å². The van der Waals surface area contributed by atoms with Crippen LogP contribution in [0.1, 0.15) is 17.2 Å². The Kier molecular flexibility index (Phi) is 5.23. The summed E-state index contributed by atoms with van der Waals surface area (Å²) in [6, 6.07) is 17.9. The van der Waals surface area contributed by atoms with E-state index in [9.17, 15) is 14.3 Å². The average molecular weight is 329 g/mol. The summed E-state index contributed by atoms with van der Waals surface area (Å²) >= 11 is 0. The number of halogens is 1. The first-order valence-electron chi connectivity index (χ1n) is 7.97. The minimum absolute atomic E-state index is 0.469. The number of benzene rings is 2. The molecule has 2 N–H and O–H groups in total. The Morgan fingerprint density at radius 2 is 1.71 bits per heavy atom. The van der Waals surface area contributed by atoms with Crippen LogP contribution in [0.3, 0.4) is 0 Å². The second-order valence-corrected chi connectivity index (χ2v) is 5.90. The molecule has 0 aromatic heterocycles.